The van der Waals surface area contributed by atoms with Crippen molar-refractivity contribution in [3.8, 4) is 6.07 Å². The number of anilines is 1. The number of aromatic nitrogens is 1. The lowest BCUT2D eigenvalue weighted by Gasteiger charge is -2.22. The molecule has 0 bridgehead atoms. The van der Waals surface area contributed by atoms with Gasteiger partial charge in [0.15, 0.2) is 0 Å². The molecule has 3 heterocycles. The zero-order valence-corrected chi connectivity index (χ0v) is 19.7. The Kier molecular flexibility index (Phi) is 6.99. The maximum atomic E-state index is 12.3. The molecule has 0 fully saturated rings. The molecular formula is C22H20N4O3S3. The standard InChI is InChI=1S/C22H20N4O3S3/c1-13-11-31-20(25-13)10-24-22(28)29-15-3-4-16-17(9-23)21(32-18(16)8-15)26-19(27)5-2-14-6-7-30-12-14/h2,5-7,11-12,15H,3-4,8,10H2,1H3,(H,24,28)(H,26,27)/b5-2+. The fourth-order valence-electron chi connectivity index (χ4n) is 3.38. The van der Waals surface area contributed by atoms with Crippen molar-refractivity contribution >= 4 is 57.1 Å². The molecule has 0 saturated carbocycles. The predicted octanol–water partition coefficient (Wildman–Crippen LogP) is 4.88. The van der Waals surface area contributed by atoms with Gasteiger partial charge >= 0.3 is 6.09 Å². The largest absolute Gasteiger partial charge is 0.446 e. The smallest absolute Gasteiger partial charge is 0.407 e. The second-order valence-electron chi connectivity index (χ2n) is 7.21. The van der Waals surface area contributed by atoms with E-state index < -0.39 is 6.09 Å². The molecule has 0 radical (unpaired) electrons. The molecular weight excluding hydrogens is 464 g/mol. The van der Waals surface area contributed by atoms with E-state index in [1.807, 2.05) is 29.1 Å². The van der Waals surface area contributed by atoms with Gasteiger partial charge in [0, 0.05) is 28.4 Å². The molecule has 164 valence electrons. The van der Waals surface area contributed by atoms with Crippen molar-refractivity contribution in [3.05, 3.63) is 60.6 Å². The number of nitrogens with one attached hydrogen (secondary N) is 2. The van der Waals surface area contributed by atoms with Crippen LogP contribution in [0.2, 0.25) is 0 Å². The van der Waals surface area contributed by atoms with Crippen LogP contribution in [0, 0.1) is 18.3 Å². The van der Waals surface area contributed by atoms with Crippen molar-refractivity contribution in [1.29, 1.82) is 5.26 Å². The van der Waals surface area contributed by atoms with E-state index in [0.717, 1.165) is 26.7 Å². The minimum atomic E-state index is -0.476. The topological polar surface area (TPSA) is 104 Å². The first-order chi connectivity index (χ1) is 15.5. The maximum absolute atomic E-state index is 12.3. The third-order valence-corrected chi connectivity index (χ3v) is 7.70. The van der Waals surface area contributed by atoms with Crippen molar-refractivity contribution in [3.63, 3.8) is 0 Å². The summed E-state index contributed by atoms with van der Waals surface area (Å²) in [7, 11) is 0. The number of carbonyl (C=O) groups excluding carboxylic acids is 2. The molecule has 0 aromatic carbocycles. The molecule has 3 aromatic rings. The van der Waals surface area contributed by atoms with Crippen molar-refractivity contribution in [2.45, 2.75) is 38.8 Å². The molecule has 1 aliphatic carbocycles. The van der Waals surface area contributed by atoms with Crippen LogP contribution in [0.1, 0.15) is 38.7 Å². The lowest BCUT2D eigenvalue weighted by Crippen LogP contribution is -2.31. The summed E-state index contributed by atoms with van der Waals surface area (Å²) in [5.41, 5.74) is 3.33. The monoisotopic (exact) mass is 484 g/mol. The van der Waals surface area contributed by atoms with E-state index in [0.29, 0.717) is 36.4 Å². The van der Waals surface area contributed by atoms with Gasteiger partial charge in [-0.15, -0.1) is 22.7 Å². The third-order valence-electron chi connectivity index (χ3n) is 4.86. The average Bonchev–Trinajstić information content (AvgIpc) is 3.50. The number of hydrogen-bond donors (Lipinski definition) is 2. The molecule has 10 heteroatoms. The number of fused-ring (bicyclic) bond motifs is 1. The van der Waals surface area contributed by atoms with E-state index in [-0.39, 0.29) is 12.0 Å². The summed E-state index contributed by atoms with van der Waals surface area (Å²) in [5.74, 6) is -0.282. The molecule has 2 amide bonds. The summed E-state index contributed by atoms with van der Waals surface area (Å²) in [6.45, 7) is 2.24. The van der Waals surface area contributed by atoms with Crippen LogP contribution in [0.25, 0.3) is 6.08 Å². The lowest BCUT2D eigenvalue weighted by molar-refractivity contribution is -0.111. The highest BCUT2D eigenvalue weighted by atomic mass is 32.1. The Morgan fingerprint density at radius 1 is 1.41 bits per heavy atom. The number of nitrogens with zero attached hydrogens (tertiary/aromatic N) is 2. The highest BCUT2D eigenvalue weighted by Crippen LogP contribution is 2.38. The molecule has 3 aromatic heterocycles. The van der Waals surface area contributed by atoms with Gasteiger partial charge in [-0.1, -0.05) is 0 Å². The molecule has 1 unspecified atom stereocenters. The zero-order chi connectivity index (χ0) is 22.5. The van der Waals surface area contributed by atoms with Crippen LogP contribution in [-0.4, -0.2) is 23.1 Å². The van der Waals surface area contributed by atoms with Crippen LogP contribution in [-0.2, 0) is 28.9 Å². The minimum absolute atomic E-state index is 0.271. The molecule has 0 saturated heterocycles. The number of nitriles is 1. The van der Waals surface area contributed by atoms with Crippen molar-refractivity contribution in [1.82, 2.24) is 10.3 Å². The normalized spacial score (nSPS) is 15.2. The molecule has 1 atom stereocenters. The highest BCUT2D eigenvalue weighted by molar-refractivity contribution is 7.16. The van der Waals surface area contributed by atoms with Crippen molar-refractivity contribution < 1.29 is 14.3 Å². The molecule has 4 rings (SSSR count). The Morgan fingerprint density at radius 2 is 2.28 bits per heavy atom. The van der Waals surface area contributed by atoms with Gasteiger partial charge in [-0.05, 0) is 53.8 Å². The van der Waals surface area contributed by atoms with E-state index in [1.54, 1.807) is 17.4 Å². The molecule has 7 nitrogen and oxygen atoms in total. The van der Waals surface area contributed by atoms with Crippen molar-refractivity contribution in [2.24, 2.45) is 0 Å². The van der Waals surface area contributed by atoms with Gasteiger partial charge < -0.3 is 15.4 Å². The minimum Gasteiger partial charge on any atom is -0.446 e. The number of alkyl carbamates (subject to hydrolysis) is 1. The number of thiazole rings is 1. The SMILES string of the molecule is Cc1csc(CNC(=O)OC2CCc3c(sc(NC(=O)/C=C/c4ccsc4)c3C#N)C2)n1. The number of carbonyl (C=O) groups is 2. The Bertz CT molecular complexity index is 1190. The summed E-state index contributed by atoms with van der Waals surface area (Å²) in [4.78, 5) is 29.8. The molecule has 2 N–H and O–H groups in total. The molecule has 0 aliphatic heterocycles. The summed E-state index contributed by atoms with van der Waals surface area (Å²) in [5, 5.41) is 22.4. The summed E-state index contributed by atoms with van der Waals surface area (Å²) in [6, 6.07) is 4.15. The van der Waals surface area contributed by atoms with Gasteiger partial charge in [0.05, 0.1) is 12.1 Å². The summed E-state index contributed by atoms with van der Waals surface area (Å²) >= 11 is 4.43. The first-order valence-corrected chi connectivity index (χ1v) is 12.6. The first-order valence-electron chi connectivity index (χ1n) is 9.93. The molecule has 1 aliphatic rings. The van der Waals surface area contributed by atoms with Gasteiger partial charge in [0.1, 0.15) is 22.2 Å². The predicted molar refractivity (Wildman–Crippen MR) is 127 cm³/mol. The second-order valence-corrected chi connectivity index (χ2v) is 10.0. The van der Waals surface area contributed by atoms with Crippen LogP contribution in [0.4, 0.5) is 9.80 Å². The zero-order valence-electron chi connectivity index (χ0n) is 17.2. The van der Waals surface area contributed by atoms with Crippen LogP contribution in [0.3, 0.4) is 0 Å². The number of amides is 2. The fourth-order valence-corrected chi connectivity index (χ4v) is 5.99. The van der Waals surface area contributed by atoms with Crippen LogP contribution < -0.4 is 10.6 Å². The van der Waals surface area contributed by atoms with Gasteiger partial charge in [-0.25, -0.2) is 9.78 Å². The Labute approximate surface area is 197 Å². The Balaban J connectivity index is 1.35. The first kappa shape index (κ1) is 22.2. The Hall–Kier alpha value is -3.00. The fraction of sp³-hybridized carbons (Fsp3) is 0.273. The quantitative estimate of drug-likeness (QED) is 0.485. The van der Waals surface area contributed by atoms with Gasteiger partial charge in [-0.2, -0.15) is 16.6 Å². The third kappa shape index (κ3) is 5.43. The number of rotatable bonds is 6. The molecule has 32 heavy (non-hydrogen) atoms. The maximum Gasteiger partial charge on any atom is 0.407 e. The second kappa shape index (κ2) is 10.1. The Morgan fingerprint density at radius 3 is 3.00 bits per heavy atom. The summed E-state index contributed by atoms with van der Waals surface area (Å²) in [6.07, 6.45) is 4.23. The number of thiophene rings is 2. The van der Waals surface area contributed by atoms with E-state index in [1.165, 1.54) is 28.7 Å². The van der Waals surface area contributed by atoms with E-state index in [2.05, 4.69) is 21.7 Å². The number of aryl methyl sites for hydroxylation is 1. The van der Waals surface area contributed by atoms with E-state index in [4.69, 9.17) is 4.74 Å². The van der Waals surface area contributed by atoms with Gasteiger partial charge in [0.2, 0.25) is 5.91 Å². The number of ether oxygens (including phenoxy) is 1. The lowest BCUT2D eigenvalue weighted by atomic mass is 9.94. The average molecular weight is 485 g/mol. The highest BCUT2D eigenvalue weighted by Gasteiger charge is 2.28. The van der Waals surface area contributed by atoms with Crippen LogP contribution in [0.15, 0.2) is 28.3 Å². The van der Waals surface area contributed by atoms with E-state index in [9.17, 15) is 14.9 Å². The number of hydrogen-bond acceptors (Lipinski definition) is 8. The van der Waals surface area contributed by atoms with Crippen molar-refractivity contribution in [2.75, 3.05) is 5.32 Å². The van der Waals surface area contributed by atoms with Gasteiger partial charge in [-0.3, -0.25) is 4.79 Å². The van der Waals surface area contributed by atoms with E-state index >= 15 is 0 Å². The van der Waals surface area contributed by atoms with Crippen LogP contribution in [0.5, 0.6) is 0 Å². The summed E-state index contributed by atoms with van der Waals surface area (Å²) < 4.78 is 5.57. The molecule has 0 spiro atoms. The van der Waals surface area contributed by atoms with Crippen LogP contribution >= 0.6 is 34.0 Å². The van der Waals surface area contributed by atoms with Gasteiger partial charge in [0.25, 0.3) is 0 Å².